The van der Waals surface area contributed by atoms with E-state index >= 15 is 0 Å². The standard InChI is InChI=1S/C62H38N4/c1-2-16-39(17-3-1)42-30-35-59(63-38-42)62-65-60(55-33-31-53(47-24-10-12-26-49(47)55)57-36-40-18-4-6-20-43(40)45-22-8-14-28-51(45)57)64-61(66-62)56-34-32-54(48-25-11-13-27-50(48)56)58-37-41-19-5-7-21-44(41)46-23-9-15-29-52(46)58/h1-38H. The second-order valence-electron chi connectivity index (χ2n) is 16.9. The molecule has 0 unspecified atom stereocenters. The van der Waals surface area contributed by atoms with Gasteiger partial charge in [0.15, 0.2) is 17.5 Å². The molecule has 0 saturated heterocycles. The minimum atomic E-state index is 0.511. The van der Waals surface area contributed by atoms with Crippen LogP contribution in [0.5, 0.6) is 0 Å². The van der Waals surface area contributed by atoms with E-state index in [1.165, 1.54) is 54.2 Å². The minimum absolute atomic E-state index is 0.511. The summed E-state index contributed by atoms with van der Waals surface area (Å²) in [5.74, 6) is 1.68. The number of rotatable bonds is 6. The Labute approximate surface area is 381 Å². The van der Waals surface area contributed by atoms with Crippen molar-refractivity contribution < 1.29 is 0 Å². The van der Waals surface area contributed by atoms with E-state index in [2.05, 4.69) is 200 Å². The highest BCUT2D eigenvalue weighted by molar-refractivity contribution is 6.19. The van der Waals surface area contributed by atoms with Crippen LogP contribution in [0.15, 0.2) is 231 Å². The summed E-state index contributed by atoms with van der Waals surface area (Å²) in [5.41, 5.74) is 9.35. The lowest BCUT2D eigenvalue weighted by Crippen LogP contribution is -2.02. The predicted molar refractivity (Wildman–Crippen MR) is 275 cm³/mol. The van der Waals surface area contributed by atoms with Gasteiger partial charge in [-0.05, 0) is 123 Å². The topological polar surface area (TPSA) is 51.6 Å². The summed E-state index contributed by atoms with van der Waals surface area (Å²) in [6, 6.07) is 79.9. The number of pyridine rings is 1. The average molecular weight is 839 g/mol. The molecule has 66 heavy (non-hydrogen) atoms. The molecule has 13 aromatic rings. The molecule has 11 aromatic carbocycles. The van der Waals surface area contributed by atoms with E-state index < -0.39 is 0 Å². The second-order valence-corrected chi connectivity index (χ2v) is 16.9. The van der Waals surface area contributed by atoms with Gasteiger partial charge in [0.1, 0.15) is 5.69 Å². The maximum Gasteiger partial charge on any atom is 0.182 e. The number of nitrogens with zero attached hydrogens (tertiary/aromatic N) is 4. The van der Waals surface area contributed by atoms with Gasteiger partial charge >= 0.3 is 0 Å². The molecule has 2 heterocycles. The van der Waals surface area contributed by atoms with Gasteiger partial charge in [-0.2, -0.15) is 0 Å². The zero-order valence-corrected chi connectivity index (χ0v) is 35.7. The maximum atomic E-state index is 5.40. The quantitative estimate of drug-likeness (QED) is 0.157. The Hall–Kier alpha value is -8.86. The Kier molecular flexibility index (Phi) is 8.81. The van der Waals surface area contributed by atoms with E-state index in [-0.39, 0.29) is 0 Å². The molecule has 0 aliphatic carbocycles. The number of benzene rings is 11. The third-order valence-corrected chi connectivity index (χ3v) is 13.2. The zero-order chi connectivity index (χ0) is 43.6. The third kappa shape index (κ3) is 6.22. The molecule has 0 saturated carbocycles. The fourth-order valence-electron chi connectivity index (χ4n) is 10.1. The molecule has 0 atom stereocenters. The molecule has 4 nitrogen and oxygen atoms in total. The van der Waals surface area contributed by atoms with E-state index in [0.717, 1.165) is 54.9 Å². The number of hydrogen-bond donors (Lipinski definition) is 0. The van der Waals surface area contributed by atoms with Crippen molar-refractivity contribution in [3.05, 3.63) is 231 Å². The molecule has 306 valence electrons. The summed E-state index contributed by atoms with van der Waals surface area (Å²) in [6.45, 7) is 0. The summed E-state index contributed by atoms with van der Waals surface area (Å²) in [4.78, 5) is 20.9. The molecule has 0 bridgehead atoms. The van der Waals surface area contributed by atoms with Crippen LogP contribution in [0.1, 0.15) is 0 Å². The molecule has 0 amide bonds. The van der Waals surface area contributed by atoms with Gasteiger partial charge in [-0.3, -0.25) is 4.98 Å². The van der Waals surface area contributed by atoms with Crippen molar-refractivity contribution in [2.75, 3.05) is 0 Å². The molecular formula is C62H38N4. The fraction of sp³-hybridized carbons (Fsp3) is 0. The summed E-state index contributed by atoms with van der Waals surface area (Å²) in [6.07, 6.45) is 1.91. The normalized spacial score (nSPS) is 11.6. The average Bonchev–Trinajstić information content (AvgIpc) is 3.40. The van der Waals surface area contributed by atoms with Gasteiger partial charge < -0.3 is 0 Å². The molecule has 0 spiro atoms. The first kappa shape index (κ1) is 37.7. The van der Waals surface area contributed by atoms with Crippen LogP contribution in [0.4, 0.5) is 0 Å². The number of hydrogen-bond acceptors (Lipinski definition) is 4. The molecule has 0 aliphatic heterocycles. The smallest absolute Gasteiger partial charge is 0.182 e. The van der Waals surface area contributed by atoms with E-state index in [1.54, 1.807) is 0 Å². The van der Waals surface area contributed by atoms with Crippen LogP contribution >= 0.6 is 0 Å². The van der Waals surface area contributed by atoms with Crippen LogP contribution in [0.2, 0.25) is 0 Å². The van der Waals surface area contributed by atoms with Gasteiger partial charge in [0.25, 0.3) is 0 Å². The highest BCUT2D eigenvalue weighted by Crippen LogP contribution is 2.43. The summed E-state index contributed by atoms with van der Waals surface area (Å²) in [7, 11) is 0. The first-order chi connectivity index (χ1) is 32.7. The largest absolute Gasteiger partial charge is 0.252 e. The van der Waals surface area contributed by atoms with Gasteiger partial charge in [-0.15, -0.1) is 0 Å². The van der Waals surface area contributed by atoms with Crippen LogP contribution in [-0.2, 0) is 0 Å². The Morgan fingerprint density at radius 2 is 0.591 bits per heavy atom. The summed E-state index contributed by atoms with van der Waals surface area (Å²) >= 11 is 0. The molecule has 4 heteroatoms. The van der Waals surface area contributed by atoms with Crippen molar-refractivity contribution >= 4 is 64.6 Å². The van der Waals surface area contributed by atoms with Crippen LogP contribution in [0.25, 0.3) is 132 Å². The molecule has 2 aromatic heterocycles. The first-order valence-electron chi connectivity index (χ1n) is 22.4. The van der Waals surface area contributed by atoms with Crippen LogP contribution in [0, 0.1) is 0 Å². The van der Waals surface area contributed by atoms with Crippen molar-refractivity contribution in [2.24, 2.45) is 0 Å². The molecule has 0 radical (unpaired) electrons. The third-order valence-electron chi connectivity index (χ3n) is 13.2. The molecule has 0 aliphatic rings. The Bertz CT molecular complexity index is 3830. The lowest BCUT2D eigenvalue weighted by atomic mass is 9.89. The molecule has 0 N–H and O–H groups in total. The summed E-state index contributed by atoms with van der Waals surface area (Å²) < 4.78 is 0. The van der Waals surface area contributed by atoms with Crippen molar-refractivity contribution in [3.8, 4) is 67.7 Å². The van der Waals surface area contributed by atoms with Gasteiger partial charge in [0.05, 0.1) is 0 Å². The molecular weight excluding hydrogens is 801 g/mol. The van der Waals surface area contributed by atoms with Gasteiger partial charge in [0, 0.05) is 22.9 Å². The maximum absolute atomic E-state index is 5.40. The molecule has 0 fully saturated rings. The lowest BCUT2D eigenvalue weighted by molar-refractivity contribution is 1.06. The van der Waals surface area contributed by atoms with Crippen LogP contribution in [0.3, 0.4) is 0 Å². The lowest BCUT2D eigenvalue weighted by Gasteiger charge is -2.17. The summed E-state index contributed by atoms with van der Waals surface area (Å²) in [5, 5.41) is 14.2. The van der Waals surface area contributed by atoms with E-state index in [0.29, 0.717) is 23.2 Å². The fourth-order valence-corrected chi connectivity index (χ4v) is 10.1. The van der Waals surface area contributed by atoms with Crippen molar-refractivity contribution in [2.45, 2.75) is 0 Å². The zero-order valence-electron chi connectivity index (χ0n) is 35.7. The Balaban J connectivity index is 1.02. The van der Waals surface area contributed by atoms with Gasteiger partial charge in [-0.1, -0.05) is 194 Å². The number of fused-ring (bicyclic) bond motifs is 8. The predicted octanol–water partition coefficient (Wildman–Crippen LogP) is 16.2. The number of aromatic nitrogens is 4. The minimum Gasteiger partial charge on any atom is -0.252 e. The molecule has 13 rings (SSSR count). The van der Waals surface area contributed by atoms with Crippen molar-refractivity contribution in [1.29, 1.82) is 0 Å². The highest BCUT2D eigenvalue weighted by Gasteiger charge is 2.21. The Morgan fingerprint density at radius 1 is 0.227 bits per heavy atom. The van der Waals surface area contributed by atoms with Crippen LogP contribution < -0.4 is 0 Å². The van der Waals surface area contributed by atoms with Gasteiger partial charge in [-0.25, -0.2) is 15.0 Å². The highest BCUT2D eigenvalue weighted by atomic mass is 15.0. The van der Waals surface area contributed by atoms with E-state index in [9.17, 15) is 0 Å². The van der Waals surface area contributed by atoms with Crippen molar-refractivity contribution in [1.82, 2.24) is 19.9 Å². The van der Waals surface area contributed by atoms with E-state index in [1.807, 2.05) is 30.5 Å². The Morgan fingerprint density at radius 3 is 1.05 bits per heavy atom. The monoisotopic (exact) mass is 838 g/mol. The van der Waals surface area contributed by atoms with Gasteiger partial charge in [0.2, 0.25) is 0 Å². The first-order valence-corrected chi connectivity index (χ1v) is 22.4. The van der Waals surface area contributed by atoms with Crippen LogP contribution in [-0.4, -0.2) is 19.9 Å². The second kappa shape index (κ2) is 15.4. The SMILES string of the molecule is c1ccc(-c2ccc(-c3nc(-c4ccc(-c5cc6ccccc6c6ccccc56)c5ccccc45)nc(-c4ccc(-c5cc6ccccc6c6ccccc56)c5ccccc45)n3)nc2)cc1. The van der Waals surface area contributed by atoms with Crippen molar-refractivity contribution in [3.63, 3.8) is 0 Å². The van der Waals surface area contributed by atoms with E-state index in [4.69, 9.17) is 19.9 Å².